The van der Waals surface area contributed by atoms with E-state index < -0.39 is 5.41 Å². The van der Waals surface area contributed by atoms with Crippen LogP contribution in [0.15, 0.2) is 24.3 Å². The number of ether oxygens (including phenoxy) is 2. The minimum absolute atomic E-state index is 0.247. The average Bonchev–Trinajstić information content (AvgIpc) is 2.37. The lowest BCUT2D eigenvalue weighted by molar-refractivity contribution is -0.151. The van der Waals surface area contributed by atoms with Gasteiger partial charge in [0.25, 0.3) is 0 Å². The second-order valence-corrected chi connectivity index (χ2v) is 4.28. The SMILES string of the molecule is COC(=O)C(C)(CN)Cc1cccc(OC)c1. The van der Waals surface area contributed by atoms with E-state index in [1.165, 1.54) is 7.11 Å². The second-order valence-electron chi connectivity index (χ2n) is 4.28. The molecule has 1 rings (SSSR count). The fourth-order valence-corrected chi connectivity index (χ4v) is 1.71. The Morgan fingerprint density at radius 1 is 1.41 bits per heavy atom. The van der Waals surface area contributed by atoms with Gasteiger partial charge in [-0.25, -0.2) is 0 Å². The van der Waals surface area contributed by atoms with Gasteiger partial charge in [-0.3, -0.25) is 4.79 Å². The molecule has 94 valence electrons. The summed E-state index contributed by atoms with van der Waals surface area (Å²) in [5.41, 5.74) is 5.98. The standard InChI is InChI=1S/C13H19NO3/c1-13(9-14,12(15)17-3)8-10-5-4-6-11(7-10)16-2/h4-7H,8-9,14H2,1-3H3. The van der Waals surface area contributed by atoms with E-state index >= 15 is 0 Å². The summed E-state index contributed by atoms with van der Waals surface area (Å²) in [4.78, 5) is 11.7. The van der Waals surface area contributed by atoms with Gasteiger partial charge in [0.2, 0.25) is 0 Å². The Bertz CT molecular complexity index is 392. The van der Waals surface area contributed by atoms with E-state index in [-0.39, 0.29) is 12.5 Å². The van der Waals surface area contributed by atoms with Gasteiger partial charge in [-0.05, 0) is 31.0 Å². The number of hydrogen-bond acceptors (Lipinski definition) is 4. The van der Waals surface area contributed by atoms with Gasteiger partial charge in [0.1, 0.15) is 5.75 Å². The monoisotopic (exact) mass is 237 g/mol. The maximum atomic E-state index is 11.7. The van der Waals surface area contributed by atoms with Crippen molar-refractivity contribution in [2.75, 3.05) is 20.8 Å². The van der Waals surface area contributed by atoms with Gasteiger partial charge in [0.05, 0.1) is 19.6 Å². The van der Waals surface area contributed by atoms with Crippen molar-refractivity contribution in [1.29, 1.82) is 0 Å². The van der Waals surface area contributed by atoms with Crippen molar-refractivity contribution in [1.82, 2.24) is 0 Å². The Hall–Kier alpha value is -1.55. The Kier molecular flexibility index (Phi) is 4.52. The smallest absolute Gasteiger partial charge is 0.313 e. The van der Waals surface area contributed by atoms with Crippen LogP contribution in [0.1, 0.15) is 12.5 Å². The summed E-state index contributed by atoms with van der Waals surface area (Å²) in [7, 11) is 2.99. The number of hydrogen-bond donors (Lipinski definition) is 1. The lowest BCUT2D eigenvalue weighted by Gasteiger charge is -2.24. The molecular formula is C13H19NO3. The molecule has 0 spiro atoms. The molecule has 17 heavy (non-hydrogen) atoms. The molecule has 1 aromatic carbocycles. The van der Waals surface area contributed by atoms with Crippen molar-refractivity contribution < 1.29 is 14.3 Å². The molecule has 0 amide bonds. The van der Waals surface area contributed by atoms with E-state index in [1.54, 1.807) is 14.0 Å². The minimum Gasteiger partial charge on any atom is -0.497 e. The van der Waals surface area contributed by atoms with Crippen LogP contribution in [-0.2, 0) is 16.0 Å². The molecule has 4 nitrogen and oxygen atoms in total. The van der Waals surface area contributed by atoms with E-state index in [2.05, 4.69) is 0 Å². The molecule has 4 heteroatoms. The van der Waals surface area contributed by atoms with Crippen molar-refractivity contribution in [3.63, 3.8) is 0 Å². The molecule has 0 aliphatic rings. The Morgan fingerprint density at radius 2 is 2.12 bits per heavy atom. The number of benzene rings is 1. The third-order valence-corrected chi connectivity index (χ3v) is 2.86. The van der Waals surface area contributed by atoms with E-state index in [1.807, 2.05) is 24.3 Å². The molecule has 0 saturated carbocycles. The first-order chi connectivity index (χ1) is 8.05. The van der Waals surface area contributed by atoms with Crippen LogP contribution in [0, 0.1) is 5.41 Å². The maximum absolute atomic E-state index is 11.7. The first-order valence-corrected chi connectivity index (χ1v) is 5.47. The lowest BCUT2D eigenvalue weighted by Crippen LogP contribution is -2.38. The molecule has 0 saturated heterocycles. The third-order valence-electron chi connectivity index (χ3n) is 2.86. The Balaban J connectivity index is 2.90. The van der Waals surface area contributed by atoms with E-state index in [9.17, 15) is 4.79 Å². The normalized spacial score (nSPS) is 13.9. The Morgan fingerprint density at radius 3 is 2.65 bits per heavy atom. The topological polar surface area (TPSA) is 61.5 Å². The molecule has 0 aliphatic carbocycles. The van der Waals surface area contributed by atoms with Crippen molar-refractivity contribution in [2.24, 2.45) is 11.1 Å². The number of nitrogens with two attached hydrogens (primary N) is 1. The molecular weight excluding hydrogens is 218 g/mol. The van der Waals surface area contributed by atoms with E-state index in [0.29, 0.717) is 6.42 Å². The van der Waals surface area contributed by atoms with Crippen LogP contribution in [0.5, 0.6) is 5.75 Å². The number of carbonyl (C=O) groups is 1. The van der Waals surface area contributed by atoms with E-state index in [4.69, 9.17) is 15.2 Å². The highest BCUT2D eigenvalue weighted by Crippen LogP contribution is 2.25. The number of rotatable bonds is 5. The van der Waals surface area contributed by atoms with Crippen LogP contribution in [0.25, 0.3) is 0 Å². The molecule has 0 fully saturated rings. The highest BCUT2D eigenvalue weighted by Gasteiger charge is 2.33. The van der Waals surface area contributed by atoms with E-state index in [0.717, 1.165) is 11.3 Å². The zero-order valence-corrected chi connectivity index (χ0v) is 10.5. The summed E-state index contributed by atoms with van der Waals surface area (Å²) >= 11 is 0. The molecule has 0 radical (unpaired) electrons. The third kappa shape index (κ3) is 3.20. The van der Waals surface area contributed by atoms with Crippen LogP contribution in [0.4, 0.5) is 0 Å². The van der Waals surface area contributed by atoms with Gasteiger partial charge in [0.15, 0.2) is 0 Å². The number of esters is 1. The van der Waals surface area contributed by atoms with Gasteiger partial charge in [0, 0.05) is 6.54 Å². The van der Waals surface area contributed by atoms with Crippen LogP contribution in [0.2, 0.25) is 0 Å². The number of carbonyl (C=O) groups excluding carboxylic acids is 1. The van der Waals surface area contributed by atoms with Gasteiger partial charge in [-0.2, -0.15) is 0 Å². The second kappa shape index (κ2) is 5.68. The average molecular weight is 237 g/mol. The van der Waals surface area contributed by atoms with Crippen molar-refractivity contribution in [3.8, 4) is 5.75 Å². The minimum atomic E-state index is -0.693. The first-order valence-electron chi connectivity index (χ1n) is 5.47. The summed E-state index contributed by atoms with van der Waals surface area (Å²) < 4.78 is 9.93. The molecule has 0 aromatic heterocycles. The van der Waals surface area contributed by atoms with Gasteiger partial charge >= 0.3 is 5.97 Å². The molecule has 2 N–H and O–H groups in total. The van der Waals surface area contributed by atoms with Crippen molar-refractivity contribution in [3.05, 3.63) is 29.8 Å². The molecule has 1 unspecified atom stereocenters. The van der Waals surface area contributed by atoms with Crippen molar-refractivity contribution >= 4 is 5.97 Å². The van der Waals surface area contributed by atoms with Crippen LogP contribution < -0.4 is 10.5 Å². The molecule has 0 aliphatic heterocycles. The fraction of sp³-hybridized carbons (Fsp3) is 0.462. The zero-order chi connectivity index (χ0) is 12.9. The van der Waals surface area contributed by atoms with Crippen LogP contribution >= 0.6 is 0 Å². The summed E-state index contributed by atoms with van der Waals surface area (Å²) in [6, 6.07) is 7.60. The van der Waals surface area contributed by atoms with Gasteiger partial charge in [-0.15, -0.1) is 0 Å². The summed E-state index contributed by atoms with van der Waals surface area (Å²) in [5, 5.41) is 0. The fourth-order valence-electron chi connectivity index (χ4n) is 1.71. The highest BCUT2D eigenvalue weighted by molar-refractivity contribution is 5.77. The maximum Gasteiger partial charge on any atom is 0.313 e. The van der Waals surface area contributed by atoms with Crippen molar-refractivity contribution in [2.45, 2.75) is 13.3 Å². The molecule has 0 bridgehead atoms. The quantitative estimate of drug-likeness (QED) is 0.786. The molecule has 0 heterocycles. The van der Waals surface area contributed by atoms with Gasteiger partial charge < -0.3 is 15.2 Å². The number of methoxy groups -OCH3 is 2. The zero-order valence-electron chi connectivity index (χ0n) is 10.5. The highest BCUT2D eigenvalue weighted by atomic mass is 16.5. The summed E-state index contributed by atoms with van der Waals surface area (Å²) in [6.45, 7) is 2.05. The summed E-state index contributed by atoms with van der Waals surface area (Å²) in [5.74, 6) is 0.481. The van der Waals surface area contributed by atoms with Gasteiger partial charge in [-0.1, -0.05) is 12.1 Å². The van der Waals surface area contributed by atoms with Crippen LogP contribution in [0.3, 0.4) is 0 Å². The Labute approximate surface area is 102 Å². The predicted octanol–water partition coefficient (Wildman–Crippen LogP) is 1.38. The molecule has 1 atom stereocenters. The lowest BCUT2D eigenvalue weighted by atomic mass is 9.83. The molecule has 1 aromatic rings. The predicted molar refractivity (Wildman–Crippen MR) is 65.9 cm³/mol. The largest absolute Gasteiger partial charge is 0.497 e. The summed E-state index contributed by atoms with van der Waals surface area (Å²) in [6.07, 6.45) is 0.535. The van der Waals surface area contributed by atoms with Crippen LogP contribution in [-0.4, -0.2) is 26.7 Å². The first kappa shape index (κ1) is 13.5.